The van der Waals surface area contributed by atoms with Crippen LogP contribution in [-0.2, 0) is 6.42 Å². The highest BCUT2D eigenvalue weighted by atomic mass is 15.0. The van der Waals surface area contributed by atoms with Crippen LogP contribution in [0.2, 0.25) is 0 Å². The molecule has 1 aliphatic heterocycles. The molecule has 0 saturated heterocycles. The van der Waals surface area contributed by atoms with Crippen molar-refractivity contribution < 1.29 is 8.97 Å². The molecular weight excluding hydrogens is 172 g/mol. The Morgan fingerprint density at radius 2 is 2.07 bits per heavy atom. The van der Waals surface area contributed by atoms with Crippen LogP contribution in [0.3, 0.4) is 0 Å². The molecular formula is C12H12N2+2. The molecule has 68 valence electrons. The van der Waals surface area contributed by atoms with Gasteiger partial charge in [-0.2, -0.15) is 8.97 Å². The van der Waals surface area contributed by atoms with E-state index in [1.54, 1.807) is 0 Å². The molecule has 0 bridgehead atoms. The molecule has 0 radical (unpaired) electrons. The third-order valence-corrected chi connectivity index (χ3v) is 2.70. The van der Waals surface area contributed by atoms with Crippen molar-refractivity contribution in [2.75, 3.05) is 0 Å². The van der Waals surface area contributed by atoms with Crippen molar-refractivity contribution in [1.82, 2.24) is 0 Å². The van der Waals surface area contributed by atoms with Crippen LogP contribution in [0.1, 0.15) is 12.1 Å². The Hall–Kier alpha value is -1.70. The Balaban J connectivity index is 2.41. The molecule has 0 unspecified atom stereocenters. The van der Waals surface area contributed by atoms with Crippen LogP contribution >= 0.6 is 0 Å². The Kier molecular flexibility index (Phi) is 1.60. The quantitative estimate of drug-likeness (QED) is 0.542. The van der Waals surface area contributed by atoms with E-state index in [0.717, 1.165) is 12.8 Å². The Labute approximate surface area is 82.8 Å². The van der Waals surface area contributed by atoms with E-state index in [0.29, 0.717) is 0 Å². The van der Waals surface area contributed by atoms with Crippen LogP contribution in [0, 0.1) is 0 Å². The SMILES string of the molecule is C1=C[n+]2cc[n+]3ccccc3c2CC1. The maximum absolute atomic E-state index is 2.21. The highest BCUT2D eigenvalue weighted by molar-refractivity contribution is 5.43. The second-order valence-corrected chi connectivity index (χ2v) is 3.57. The number of rotatable bonds is 0. The molecule has 0 spiro atoms. The zero-order valence-electron chi connectivity index (χ0n) is 7.93. The number of allylic oxidation sites excluding steroid dienone is 1. The second kappa shape index (κ2) is 2.91. The number of hydrogen-bond acceptors (Lipinski definition) is 0. The summed E-state index contributed by atoms with van der Waals surface area (Å²) in [5.74, 6) is 0. The smallest absolute Gasteiger partial charge is 0.160 e. The van der Waals surface area contributed by atoms with Crippen LogP contribution in [0.4, 0.5) is 0 Å². The number of fused-ring (bicyclic) bond motifs is 3. The highest BCUT2D eigenvalue weighted by Crippen LogP contribution is 2.07. The molecule has 2 nitrogen and oxygen atoms in total. The van der Waals surface area contributed by atoms with Gasteiger partial charge in [-0.05, 0) is 18.6 Å². The van der Waals surface area contributed by atoms with Gasteiger partial charge in [0, 0.05) is 18.6 Å². The molecule has 2 heteroatoms. The molecule has 0 aromatic carbocycles. The molecule has 0 saturated carbocycles. The largest absolute Gasteiger partial charge is 0.278 e. The van der Waals surface area contributed by atoms with E-state index in [-0.39, 0.29) is 0 Å². The lowest BCUT2D eigenvalue weighted by Crippen LogP contribution is -2.39. The first-order valence-electron chi connectivity index (χ1n) is 4.95. The maximum atomic E-state index is 2.21. The molecule has 1 aliphatic rings. The van der Waals surface area contributed by atoms with Crippen molar-refractivity contribution in [3.05, 3.63) is 48.6 Å². The molecule has 3 heterocycles. The fourth-order valence-electron chi connectivity index (χ4n) is 2.00. The van der Waals surface area contributed by atoms with Crippen molar-refractivity contribution in [2.45, 2.75) is 12.8 Å². The Bertz CT molecular complexity index is 515. The summed E-state index contributed by atoms with van der Waals surface area (Å²) < 4.78 is 4.38. The Morgan fingerprint density at radius 3 is 3.07 bits per heavy atom. The van der Waals surface area contributed by atoms with Gasteiger partial charge in [0.1, 0.15) is 0 Å². The van der Waals surface area contributed by atoms with Crippen LogP contribution in [0.25, 0.3) is 11.7 Å². The Morgan fingerprint density at radius 1 is 1.07 bits per heavy atom. The normalized spacial score (nSPS) is 14.3. The predicted octanol–water partition coefficient (Wildman–Crippen LogP) is 1.13. The number of aromatic nitrogens is 2. The van der Waals surface area contributed by atoms with Crippen molar-refractivity contribution in [2.24, 2.45) is 0 Å². The van der Waals surface area contributed by atoms with Gasteiger partial charge in [-0.3, -0.25) is 0 Å². The minimum atomic E-state index is 1.13. The van der Waals surface area contributed by atoms with E-state index in [1.807, 2.05) is 0 Å². The summed E-state index contributed by atoms with van der Waals surface area (Å²) in [4.78, 5) is 0. The van der Waals surface area contributed by atoms with Gasteiger partial charge in [0.15, 0.2) is 12.4 Å². The van der Waals surface area contributed by atoms with Crippen LogP contribution < -0.4 is 8.97 Å². The van der Waals surface area contributed by atoms with Crippen molar-refractivity contribution in [1.29, 1.82) is 0 Å². The van der Waals surface area contributed by atoms with Gasteiger partial charge >= 0.3 is 0 Å². The first-order valence-corrected chi connectivity index (χ1v) is 4.95. The van der Waals surface area contributed by atoms with Gasteiger partial charge in [-0.1, -0.05) is 0 Å². The number of hydrogen-bond donors (Lipinski definition) is 0. The van der Waals surface area contributed by atoms with Gasteiger partial charge in [-0.25, -0.2) is 0 Å². The lowest BCUT2D eigenvalue weighted by molar-refractivity contribution is -0.611. The third-order valence-electron chi connectivity index (χ3n) is 2.70. The van der Waals surface area contributed by atoms with Gasteiger partial charge in [0.05, 0.1) is 0 Å². The summed E-state index contributed by atoms with van der Waals surface area (Å²) in [6.07, 6.45) is 12.9. The van der Waals surface area contributed by atoms with Crippen LogP contribution in [-0.4, -0.2) is 0 Å². The molecule has 0 N–H and O–H groups in total. The fraction of sp³-hybridized carbons (Fsp3) is 0.167. The van der Waals surface area contributed by atoms with E-state index in [2.05, 4.69) is 58.0 Å². The van der Waals surface area contributed by atoms with E-state index in [1.165, 1.54) is 11.2 Å². The summed E-state index contributed by atoms with van der Waals surface area (Å²) in [5, 5.41) is 0. The summed E-state index contributed by atoms with van der Waals surface area (Å²) in [6, 6.07) is 6.32. The summed E-state index contributed by atoms with van der Waals surface area (Å²) in [7, 11) is 0. The molecule has 0 atom stereocenters. The average molecular weight is 184 g/mol. The molecule has 2 aromatic rings. The first-order chi connectivity index (χ1) is 6.95. The predicted molar refractivity (Wildman–Crippen MR) is 53.4 cm³/mol. The number of aryl methyl sites for hydroxylation is 1. The van der Waals surface area contributed by atoms with Crippen molar-refractivity contribution in [3.8, 4) is 0 Å². The third kappa shape index (κ3) is 1.04. The number of nitrogens with zero attached hydrogens (tertiary/aromatic N) is 2. The van der Waals surface area contributed by atoms with Gasteiger partial charge in [-0.15, -0.1) is 0 Å². The standard InChI is InChI=1S/C12H12N2/c1-3-7-13-9-10-14-8-4-2-6-12(14)11(13)5-1/h1,3-5,7-10H,2,6H2/q+2. The zero-order valence-corrected chi connectivity index (χ0v) is 7.93. The summed E-state index contributed by atoms with van der Waals surface area (Å²) >= 11 is 0. The van der Waals surface area contributed by atoms with E-state index in [4.69, 9.17) is 0 Å². The summed E-state index contributed by atoms with van der Waals surface area (Å²) in [5.41, 5.74) is 2.70. The van der Waals surface area contributed by atoms with Gasteiger partial charge in [0.25, 0.3) is 11.2 Å². The zero-order chi connectivity index (χ0) is 9.38. The summed E-state index contributed by atoms with van der Waals surface area (Å²) in [6.45, 7) is 0. The molecule has 0 amide bonds. The lowest BCUT2D eigenvalue weighted by atomic mass is 10.1. The van der Waals surface area contributed by atoms with E-state index >= 15 is 0 Å². The minimum Gasteiger partial charge on any atom is -0.160 e. The molecule has 0 fully saturated rings. The van der Waals surface area contributed by atoms with Crippen molar-refractivity contribution in [3.63, 3.8) is 0 Å². The van der Waals surface area contributed by atoms with Gasteiger partial charge in [0.2, 0.25) is 12.4 Å². The minimum absolute atomic E-state index is 1.13. The number of pyridine rings is 1. The van der Waals surface area contributed by atoms with E-state index in [9.17, 15) is 0 Å². The second-order valence-electron chi connectivity index (χ2n) is 3.57. The fourth-order valence-corrected chi connectivity index (χ4v) is 2.00. The van der Waals surface area contributed by atoms with Crippen LogP contribution in [0.15, 0.2) is 42.9 Å². The average Bonchev–Trinajstić information content (AvgIpc) is 2.29. The maximum Gasteiger partial charge on any atom is 0.278 e. The lowest BCUT2D eigenvalue weighted by Gasteiger charge is -2.01. The first kappa shape index (κ1) is 7.68. The highest BCUT2D eigenvalue weighted by Gasteiger charge is 2.20. The monoisotopic (exact) mass is 184 g/mol. The molecule has 0 aliphatic carbocycles. The molecule has 3 rings (SSSR count). The van der Waals surface area contributed by atoms with E-state index < -0.39 is 0 Å². The topological polar surface area (TPSA) is 7.98 Å². The van der Waals surface area contributed by atoms with Gasteiger partial charge < -0.3 is 0 Å². The molecule has 2 aromatic heterocycles. The molecule has 14 heavy (non-hydrogen) atoms. The van der Waals surface area contributed by atoms with Crippen LogP contribution in [0.5, 0.6) is 0 Å². The van der Waals surface area contributed by atoms with Crippen molar-refractivity contribution >= 4 is 11.7 Å².